The summed E-state index contributed by atoms with van der Waals surface area (Å²) in [6, 6.07) is 13.2. The van der Waals surface area contributed by atoms with Crippen molar-refractivity contribution in [2.75, 3.05) is 7.05 Å². The fourth-order valence-corrected chi connectivity index (χ4v) is 4.55. The lowest BCUT2D eigenvalue weighted by molar-refractivity contribution is -0.751. The summed E-state index contributed by atoms with van der Waals surface area (Å²) in [7, 11) is 1.21. The maximum absolute atomic E-state index is 13.5. The highest BCUT2D eigenvalue weighted by atomic mass is 19.4. The summed E-state index contributed by atoms with van der Waals surface area (Å²) in [4.78, 5) is 26.9. The number of carbonyl (C=O) groups is 2. The van der Waals surface area contributed by atoms with Crippen LogP contribution in [0, 0.1) is 5.21 Å². The van der Waals surface area contributed by atoms with Gasteiger partial charge < -0.3 is 10.3 Å². The number of nitrogens with one attached hydrogen (secondary N) is 1. The second-order valence-electron chi connectivity index (χ2n) is 8.20. The number of benzene rings is 3. The van der Waals surface area contributed by atoms with Gasteiger partial charge in [0.05, 0.1) is 12.6 Å². The minimum Gasteiger partial charge on any atom is -0.629 e. The van der Waals surface area contributed by atoms with Gasteiger partial charge in [0.1, 0.15) is 5.69 Å². The second kappa shape index (κ2) is 8.24. The van der Waals surface area contributed by atoms with Crippen molar-refractivity contribution in [2.24, 2.45) is 0 Å². The Morgan fingerprint density at radius 1 is 0.909 bits per heavy atom. The van der Waals surface area contributed by atoms with Crippen LogP contribution < -0.4 is 5.06 Å². The second-order valence-corrected chi connectivity index (χ2v) is 8.20. The highest BCUT2D eigenvalue weighted by Crippen LogP contribution is 2.39. The molecule has 1 aliphatic carbocycles. The Kier molecular flexibility index (Phi) is 5.72. The average Bonchev–Trinajstić information content (AvgIpc) is 2.80. The van der Waals surface area contributed by atoms with Crippen molar-refractivity contribution < 1.29 is 27.8 Å². The number of hydrogen-bond donors (Lipinski definition) is 1. The molecule has 2 atom stereocenters. The molecule has 0 saturated carbocycles. The third kappa shape index (κ3) is 3.77. The highest BCUT2D eigenvalue weighted by molar-refractivity contribution is 6.29. The molecule has 3 aromatic carbocycles. The predicted octanol–water partition coefficient (Wildman–Crippen LogP) is 4.84. The number of alkyl halides is 3. The van der Waals surface area contributed by atoms with Crippen LogP contribution in [0.1, 0.15) is 73.9 Å². The molecule has 2 unspecified atom stereocenters. The van der Waals surface area contributed by atoms with E-state index in [1.54, 1.807) is 43.3 Å². The van der Waals surface area contributed by atoms with Crippen molar-refractivity contribution in [3.8, 4) is 0 Å². The van der Waals surface area contributed by atoms with Gasteiger partial charge in [0.25, 0.3) is 0 Å². The molecule has 170 valence electrons. The van der Waals surface area contributed by atoms with E-state index in [0.717, 1.165) is 17.7 Å². The molecule has 0 aromatic heterocycles. The van der Waals surface area contributed by atoms with Crippen LogP contribution in [-0.2, 0) is 12.6 Å². The van der Waals surface area contributed by atoms with Crippen LogP contribution in [0.25, 0.3) is 0 Å². The van der Waals surface area contributed by atoms with Crippen molar-refractivity contribution in [1.29, 1.82) is 0 Å². The molecule has 0 heterocycles. The summed E-state index contributed by atoms with van der Waals surface area (Å²) in [5, 5.41) is 11.8. The minimum atomic E-state index is -4.58. The van der Waals surface area contributed by atoms with E-state index in [4.69, 9.17) is 0 Å². The number of aryl methyl sites for hydroxylation is 1. The largest absolute Gasteiger partial charge is 0.629 e. The van der Waals surface area contributed by atoms with Gasteiger partial charge >= 0.3 is 6.18 Å². The number of hydrogen-bond acceptors (Lipinski definition) is 3. The SMILES string of the molecule is CCc1ccc(C(C)c2ccc(C(F)(F)F)cc2[NH+](C)[O-])c2c1C(=O)c1ccccc1C2=O. The lowest BCUT2D eigenvalue weighted by atomic mass is 9.76. The normalized spacial score (nSPS) is 15.1. The molecule has 33 heavy (non-hydrogen) atoms. The molecule has 0 radical (unpaired) electrons. The third-order valence-electron chi connectivity index (χ3n) is 6.27. The van der Waals surface area contributed by atoms with Crippen molar-refractivity contribution >= 4 is 17.3 Å². The van der Waals surface area contributed by atoms with Crippen molar-refractivity contribution in [3.05, 3.63) is 104 Å². The number of quaternary nitrogens is 1. The highest BCUT2D eigenvalue weighted by Gasteiger charge is 2.36. The van der Waals surface area contributed by atoms with Gasteiger partial charge in [0, 0.05) is 39.8 Å². The first kappa shape index (κ1) is 22.9. The molecule has 1 aliphatic rings. The van der Waals surface area contributed by atoms with Crippen LogP contribution >= 0.6 is 0 Å². The molecule has 0 amide bonds. The first-order valence-electron chi connectivity index (χ1n) is 10.6. The van der Waals surface area contributed by atoms with E-state index in [1.807, 2.05) is 6.92 Å². The molecule has 0 fully saturated rings. The zero-order chi connectivity index (χ0) is 24.1. The van der Waals surface area contributed by atoms with Gasteiger partial charge in [-0.2, -0.15) is 13.2 Å². The van der Waals surface area contributed by atoms with E-state index < -0.39 is 22.7 Å². The first-order valence-corrected chi connectivity index (χ1v) is 10.6. The van der Waals surface area contributed by atoms with Crippen LogP contribution in [0.15, 0.2) is 54.6 Å². The molecule has 0 aliphatic heterocycles. The van der Waals surface area contributed by atoms with Gasteiger partial charge in [0.15, 0.2) is 11.6 Å². The molecule has 3 aromatic rings. The van der Waals surface area contributed by atoms with Crippen LogP contribution in [-0.4, -0.2) is 18.6 Å². The summed E-state index contributed by atoms with van der Waals surface area (Å²) in [5.74, 6) is -1.13. The molecule has 7 heteroatoms. The predicted molar refractivity (Wildman–Crippen MR) is 118 cm³/mol. The number of hydroxylamine groups is 1. The Labute approximate surface area is 189 Å². The Hall–Kier alpha value is -3.29. The fraction of sp³-hybridized carbons (Fsp3) is 0.231. The number of rotatable bonds is 4. The summed E-state index contributed by atoms with van der Waals surface area (Å²) < 4.78 is 39.7. The number of fused-ring (bicyclic) bond motifs is 2. The molecular formula is C26H22F3NO3. The molecule has 0 spiro atoms. The molecule has 4 nitrogen and oxygen atoms in total. The summed E-state index contributed by atoms with van der Waals surface area (Å²) in [5.41, 5.74) is 1.89. The van der Waals surface area contributed by atoms with Gasteiger partial charge in [-0.15, -0.1) is 0 Å². The maximum atomic E-state index is 13.5. The van der Waals surface area contributed by atoms with Crippen LogP contribution in [0.3, 0.4) is 0 Å². The summed E-state index contributed by atoms with van der Waals surface area (Å²) in [6.07, 6.45) is -4.04. The van der Waals surface area contributed by atoms with Gasteiger partial charge in [-0.25, -0.2) is 0 Å². The maximum Gasteiger partial charge on any atom is 0.416 e. The number of carbonyl (C=O) groups excluding carboxylic acids is 2. The van der Waals surface area contributed by atoms with Crippen molar-refractivity contribution in [2.45, 2.75) is 32.4 Å². The Bertz CT molecular complexity index is 1280. The van der Waals surface area contributed by atoms with Crippen molar-refractivity contribution in [1.82, 2.24) is 0 Å². The van der Waals surface area contributed by atoms with E-state index in [0.29, 0.717) is 34.2 Å². The van der Waals surface area contributed by atoms with Gasteiger partial charge in [-0.1, -0.05) is 56.3 Å². The Morgan fingerprint density at radius 2 is 1.48 bits per heavy atom. The van der Waals surface area contributed by atoms with Gasteiger partial charge in [0.2, 0.25) is 0 Å². The topological polar surface area (TPSA) is 61.6 Å². The average molecular weight is 453 g/mol. The quantitative estimate of drug-likeness (QED) is 0.450. The zero-order valence-electron chi connectivity index (χ0n) is 18.3. The minimum absolute atomic E-state index is 0.0550. The van der Waals surface area contributed by atoms with Crippen molar-refractivity contribution in [3.63, 3.8) is 0 Å². The molecule has 0 saturated heterocycles. The van der Waals surface area contributed by atoms with E-state index in [9.17, 15) is 28.0 Å². The smallest absolute Gasteiger partial charge is 0.416 e. The van der Waals surface area contributed by atoms with E-state index in [2.05, 4.69) is 0 Å². The van der Waals surface area contributed by atoms with Crippen LogP contribution in [0.4, 0.5) is 18.9 Å². The lowest BCUT2D eigenvalue weighted by Gasteiger charge is -2.27. The van der Waals surface area contributed by atoms with E-state index in [1.165, 1.54) is 13.1 Å². The number of ketones is 2. The van der Waals surface area contributed by atoms with E-state index >= 15 is 0 Å². The van der Waals surface area contributed by atoms with Crippen LogP contribution in [0.5, 0.6) is 0 Å². The number of halogens is 3. The van der Waals surface area contributed by atoms with Gasteiger partial charge in [-0.05, 0) is 23.6 Å². The molecule has 4 rings (SSSR count). The monoisotopic (exact) mass is 453 g/mol. The standard InChI is InChI=1S/C26H22F3NO3/c1-4-15-9-11-18(23-22(15)24(31)19-7-5-6-8-20(19)25(23)32)14(2)17-12-10-16(26(27,28)29)13-21(17)30(3)33/h5-14,30H,4H2,1-3H3. The molecule has 0 bridgehead atoms. The summed E-state index contributed by atoms with van der Waals surface area (Å²) in [6.45, 7) is 3.62. The molecular weight excluding hydrogens is 431 g/mol. The van der Waals surface area contributed by atoms with Crippen LogP contribution in [0.2, 0.25) is 0 Å². The summed E-state index contributed by atoms with van der Waals surface area (Å²) >= 11 is 0. The van der Waals surface area contributed by atoms with E-state index in [-0.39, 0.29) is 22.8 Å². The van der Waals surface area contributed by atoms with Gasteiger partial charge in [-0.3, -0.25) is 9.59 Å². The fourth-order valence-electron chi connectivity index (χ4n) is 4.55. The zero-order valence-corrected chi connectivity index (χ0v) is 18.3. The Morgan fingerprint density at radius 3 is 2.03 bits per heavy atom. The first-order chi connectivity index (χ1) is 15.6. The third-order valence-corrected chi connectivity index (χ3v) is 6.27. The molecule has 1 N–H and O–H groups in total. The lowest BCUT2D eigenvalue weighted by Crippen LogP contribution is -2.98. The Balaban J connectivity index is 1.94.